The minimum Gasteiger partial charge on any atom is -0.409 e. The van der Waals surface area contributed by atoms with Crippen LogP contribution in [0.4, 0.5) is 0 Å². The molecule has 7 heteroatoms. The van der Waals surface area contributed by atoms with E-state index < -0.39 is 0 Å². The number of nitrogens with zero attached hydrogens (tertiary/aromatic N) is 3. The lowest BCUT2D eigenvalue weighted by Gasteiger charge is -2.09. The highest BCUT2D eigenvalue weighted by molar-refractivity contribution is 5.96. The lowest BCUT2D eigenvalue weighted by Crippen LogP contribution is -2.24. The highest BCUT2D eigenvalue weighted by atomic mass is 16.4. The fourth-order valence-corrected chi connectivity index (χ4v) is 1.81. The van der Waals surface area contributed by atoms with Crippen LogP contribution in [-0.2, 0) is 0 Å². The SMILES string of the molecule is CCNC(=O)c1cc(-n2cccc2/C(N)=N/O)ccn1. The molecule has 0 aliphatic rings. The number of amides is 1. The quantitative estimate of drug-likeness (QED) is 0.330. The molecule has 2 rings (SSSR count). The number of carbonyl (C=O) groups is 1. The van der Waals surface area contributed by atoms with Gasteiger partial charge in [-0.2, -0.15) is 0 Å². The molecule has 0 atom stereocenters. The molecule has 7 nitrogen and oxygen atoms in total. The highest BCUT2D eigenvalue weighted by Gasteiger charge is 2.11. The Hall–Kier alpha value is -2.83. The van der Waals surface area contributed by atoms with E-state index in [1.54, 1.807) is 35.0 Å². The fraction of sp³-hybridized carbons (Fsp3) is 0.154. The number of oxime groups is 1. The number of rotatable bonds is 4. The van der Waals surface area contributed by atoms with Crippen molar-refractivity contribution >= 4 is 11.7 Å². The number of amidine groups is 1. The number of aromatic nitrogens is 2. The maximum Gasteiger partial charge on any atom is 0.269 e. The van der Waals surface area contributed by atoms with Crippen molar-refractivity contribution in [3.8, 4) is 5.69 Å². The topological polar surface area (TPSA) is 106 Å². The van der Waals surface area contributed by atoms with E-state index in [9.17, 15) is 4.79 Å². The van der Waals surface area contributed by atoms with Gasteiger partial charge in [0.2, 0.25) is 0 Å². The number of pyridine rings is 1. The molecule has 2 aromatic heterocycles. The summed E-state index contributed by atoms with van der Waals surface area (Å²) in [4.78, 5) is 15.8. The predicted molar refractivity (Wildman–Crippen MR) is 74.1 cm³/mol. The van der Waals surface area contributed by atoms with Gasteiger partial charge < -0.3 is 20.8 Å². The predicted octanol–water partition coefficient (Wildman–Crippen LogP) is 0.716. The van der Waals surface area contributed by atoms with E-state index in [4.69, 9.17) is 10.9 Å². The number of nitrogens with two attached hydrogens (primary N) is 1. The number of hydrogen-bond donors (Lipinski definition) is 3. The molecule has 0 saturated carbocycles. The first-order valence-electron chi connectivity index (χ1n) is 6.07. The molecule has 2 aromatic rings. The van der Waals surface area contributed by atoms with Gasteiger partial charge in [0.25, 0.3) is 5.91 Å². The summed E-state index contributed by atoms with van der Waals surface area (Å²) in [5.74, 6) is -0.252. The molecule has 2 heterocycles. The van der Waals surface area contributed by atoms with E-state index in [1.165, 1.54) is 6.20 Å². The van der Waals surface area contributed by atoms with Crippen LogP contribution in [0, 0.1) is 0 Å². The van der Waals surface area contributed by atoms with Gasteiger partial charge in [-0.1, -0.05) is 5.16 Å². The first kappa shape index (κ1) is 13.6. The van der Waals surface area contributed by atoms with E-state index >= 15 is 0 Å². The Balaban J connectivity index is 2.42. The van der Waals surface area contributed by atoms with Gasteiger partial charge in [0, 0.05) is 24.6 Å². The van der Waals surface area contributed by atoms with E-state index in [0.717, 1.165) is 0 Å². The molecule has 1 amide bonds. The van der Waals surface area contributed by atoms with Crippen molar-refractivity contribution in [2.24, 2.45) is 10.9 Å². The Bertz CT molecular complexity index is 648. The van der Waals surface area contributed by atoms with Crippen LogP contribution in [0.15, 0.2) is 41.8 Å². The van der Waals surface area contributed by atoms with Gasteiger partial charge in [-0.15, -0.1) is 0 Å². The van der Waals surface area contributed by atoms with Gasteiger partial charge in [-0.05, 0) is 31.2 Å². The third-order valence-corrected chi connectivity index (χ3v) is 2.71. The van der Waals surface area contributed by atoms with Crippen LogP contribution in [0.3, 0.4) is 0 Å². The molecule has 0 saturated heterocycles. The first-order chi connectivity index (χ1) is 9.67. The summed E-state index contributed by atoms with van der Waals surface area (Å²) in [5.41, 5.74) is 7.15. The third kappa shape index (κ3) is 2.61. The summed E-state index contributed by atoms with van der Waals surface area (Å²) in [6.45, 7) is 2.37. The Morgan fingerprint density at radius 3 is 3.05 bits per heavy atom. The van der Waals surface area contributed by atoms with Crippen LogP contribution in [0.25, 0.3) is 5.69 Å². The summed E-state index contributed by atoms with van der Waals surface area (Å²) in [7, 11) is 0. The first-order valence-corrected chi connectivity index (χ1v) is 6.07. The van der Waals surface area contributed by atoms with Crippen LogP contribution in [0.2, 0.25) is 0 Å². The maximum atomic E-state index is 11.8. The zero-order chi connectivity index (χ0) is 14.5. The molecule has 0 aliphatic heterocycles. The van der Waals surface area contributed by atoms with Crippen LogP contribution < -0.4 is 11.1 Å². The van der Waals surface area contributed by atoms with Gasteiger partial charge in [0.05, 0.1) is 5.69 Å². The Labute approximate surface area is 115 Å². The molecule has 0 aromatic carbocycles. The Kier molecular flexibility index (Phi) is 3.99. The van der Waals surface area contributed by atoms with E-state index in [2.05, 4.69) is 15.5 Å². The number of hydrogen-bond acceptors (Lipinski definition) is 4. The second-order valence-electron chi connectivity index (χ2n) is 4.01. The third-order valence-electron chi connectivity index (χ3n) is 2.71. The van der Waals surface area contributed by atoms with Gasteiger partial charge in [0.1, 0.15) is 5.69 Å². The molecule has 0 aliphatic carbocycles. The van der Waals surface area contributed by atoms with E-state index in [0.29, 0.717) is 23.6 Å². The largest absolute Gasteiger partial charge is 0.409 e. The maximum absolute atomic E-state index is 11.8. The van der Waals surface area contributed by atoms with Crippen LogP contribution >= 0.6 is 0 Å². The molecule has 0 spiro atoms. The van der Waals surface area contributed by atoms with Crippen molar-refractivity contribution in [2.75, 3.05) is 6.54 Å². The lowest BCUT2D eigenvalue weighted by molar-refractivity contribution is 0.0951. The molecular formula is C13H15N5O2. The molecule has 0 unspecified atom stereocenters. The van der Waals surface area contributed by atoms with Crippen molar-refractivity contribution in [3.63, 3.8) is 0 Å². The zero-order valence-electron chi connectivity index (χ0n) is 10.9. The standard InChI is InChI=1S/C13H15N5O2/c1-2-15-13(19)10-8-9(5-6-16-10)18-7-3-4-11(18)12(14)17-20/h3-8,20H,2H2,1H3,(H2,14,17)(H,15,19). The molecule has 4 N–H and O–H groups in total. The number of carbonyl (C=O) groups excluding carboxylic acids is 1. The fourth-order valence-electron chi connectivity index (χ4n) is 1.81. The van der Waals surface area contributed by atoms with Crippen molar-refractivity contribution in [3.05, 3.63) is 48.0 Å². The molecule has 104 valence electrons. The molecular weight excluding hydrogens is 258 g/mol. The molecule has 20 heavy (non-hydrogen) atoms. The average molecular weight is 273 g/mol. The van der Waals surface area contributed by atoms with E-state index in [1.807, 2.05) is 6.92 Å². The second kappa shape index (κ2) is 5.87. The van der Waals surface area contributed by atoms with Gasteiger partial charge >= 0.3 is 0 Å². The monoisotopic (exact) mass is 273 g/mol. The molecule has 0 radical (unpaired) electrons. The average Bonchev–Trinajstić information content (AvgIpc) is 2.96. The smallest absolute Gasteiger partial charge is 0.269 e. The zero-order valence-corrected chi connectivity index (χ0v) is 10.9. The van der Waals surface area contributed by atoms with Crippen LogP contribution in [-0.4, -0.2) is 33.0 Å². The summed E-state index contributed by atoms with van der Waals surface area (Å²) in [6, 6.07) is 6.84. The van der Waals surface area contributed by atoms with Crippen molar-refractivity contribution in [1.29, 1.82) is 0 Å². The highest BCUT2D eigenvalue weighted by Crippen LogP contribution is 2.13. The summed E-state index contributed by atoms with van der Waals surface area (Å²) in [6.07, 6.45) is 3.29. The minimum atomic E-state index is -0.244. The molecule has 0 bridgehead atoms. The Morgan fingerprint density at radius 2 is 2.35 bits per heavy atom. The summed E-state index contributed by atoms with van der Waals surface area (Å²) in [5, 5.41) is 14.4. The van der Waals surface area contributed by atoms with Crippen molar-refractivity contribution in [1.82, 2.24) is 14.9 Å². The van der Waals surface area contributed by atoms with Gasteiger partial charge in [0.15, 0.2) is 5.84 Å². The van der Waals surface area contributed by atoms with Gasteiger partial charge in [-0.25, -0.2) is 0 Å². The van der Waals surface area contributed by atoms with Crippen molar-refractivity contribution < 1.29 is 10.0 Å². The summed E-state index contributed by atoms with van der Waals surface area (Å²) >= 11 is 0. The molecule has 0 fully saturated rings. The van der Waals surface area contributed by atoms with Crippen LogP contribution in [0.1, 0.15) is 23.1 Å². The van der Waals surface area contributed by atoms with E-state index in [-0.39, 0.29) is 11.7 Å². The van der Waals surface area contributed by atoms with Crippen molar-refractivity contribution in [2.45, 2.75) is 6.92 Å². The number of nitrogens with one attached hydrogen (secondary N) is 1. The summed E-state index contributed by atoms with van der Waals surface area (Å²) < 4.78 is 1.71. The lowest BCUT2D eigenvalue weighted by atomic mass is 10.3. The normalized spacial score (nSPS) is 11.3. The second-order valence-corrected chi connectivity index (χ2v) is 4.01. The van der Waals surface area contributed by atoms with Gasteiger partial charge in [-0.3, -0.25) is 9.78 Å². The van der Waals surface area contributed by atoms with Crippen LogP contribution in [0.5, 0.6) is 0 Å². The minimum absolute atomic E-state index is 0.00799. The Morgan fingerprint density at radius 1 is 1.55 bits per heavy atom.